The third-order valence-corrected chi connectivity index (χ3v) is 2.65. The molecular formula is C13H12FN3O2. The molecule has 1 aromatic carbocycles. The van der Waals surface area contributed by atoms with Gasteiger partial charge in [0.25, 0.3) is 0 Å². The Bertz CT molecular complexity index is 644. The minimum absolute atomic E-state index is 0.0522. The summed E-state index contributed by atoms with van der Waals surface area (Å²) >= 11 is 0. The molecule has 0 aliphatic rings. The number of nitrogens with zero attached hydrogens (tertiary/aromatic N) is 2. The highest BCUT2D eigenvalue weighted by Gasteiger charge is 2.16. The van der Waals surface area contributed by atoms with Crippen LogP contribution in [0.2, 0.25) is 0 Å². The number of nitrogens with two attached hydrogens (primary N) is 1. The lowest BCUT2D eigenvalue weighted by Crippen LogP contribution is -2.11. The molecule has 0 amide bonds. The van der Waals surface area contributed by atoms with Gasteiger partial charge >= 0.3 is 5.97 Å². The Balaban J connectivity index is 2.58. The third-order valence-electron chi connectivity index (χ3n) is 2.65. The zero-order valence-corrected chi connectivity index (χ0v) is 10.5. The second kappa shape index (κ2) is 5.01. The van der Waals surface area contributed by atoms with Crippen molar-refractivity contribution >= 4 is 11.8 Å². The summed E-state index contributed by atoms with van der Waals surface area (Å²) in [6.07, 6.45) is 1.32. The molecule has 19 heavy (non-hydrogen) atoms. The molecule has 0 spiro atoms. The average molecular weight is 261 g/mol. The number of nitrogen functional groups attached to an aromatic ring is 1. The predicted molar refractivity (Wildman–Crippen MR) is 67.9 cm³/mol. The molecule has 1 aromatic heterocycles. The maximum Gasteiger partial charge on any atom is 0.360 e. The average Bonchev–Trinajstić information content (AvgIpc) is 2.42. The van der Waals surface area contributed by atoms with Crippen molar-refractivity contribution in [2.24, 2.45) is 0 Å². The maximum absolute atomic E-state index is 14.0. The van der Waals surface area contributed by atoms with Crippen LogP contribution in [0, 0.1) is 12.7 Å². The van der Waals surface area contributed by atoms with E-state index >= 15 is 0 Å². The lowest BCUT2D eigenvalue weighted by molar-refractivity contribution is 0.0595. The quantitative estimate of drug-likeness (QED) is 0.836. The molecule has 5 nitrogen and oxygen atoms in total. The fourth-order valence-electron chi connectivity index (χ4n) is 1.62. The van der Waals surface area contributed by atoms with E-state index in [1.165, 1.54) is 13.3 Å². The van der Waals surface area contributed by atoms with Crippen molar-refractivity contribution in [1.29, 1.82) is 0 Å². The highest BCUT2D eigenvalue weighted by atomic mass is 19.1. The summed E-state index contributed by atoms with van der Waals surface area (Å²) in [5.74, 6) is -1.17. The largest absolute Gasteiger partial charge is 0.464 e. The van der Waals surface area contributed by atoms with Crippen molar-refractivity contribution in [2.45, 2.75) is 6.92 Å². The molecular weight excluding hydrogens is 249 g/mol. The number of hydrogen-bond acceptors (Lipinski definition) is 5. The predicted octanol–water partition coefficient (Wildman–Crippen LogP) is 1.96. The van der Waals surface area contributed by atoms with Crippen molar-refractivity contribution in [3.8, 4) is 11.3 Å². The Morgan fingerprint density at radius 1 is 1.42 bits per heavy atom. The monoisotopic (exact) mass is 261 g/mol. The number of aryl methyl sites for hydroxylation is 1. The first kappa shape index (κ1) is 12.9. The topological polar surface area (TPSA) is 78.1 Å². The minimum atomic E-state index is -0.708. The third kappa shape index (κ3) is 2.37. The van der Waals surface area contributed by atoms with Gasteiger partial charge in [0.1, 0.15) is 5.82 Å². The van der Waals surface area contributed by atoms with Crippen LogP contribution in [0.5, 0.6) is 0 Å². The van der Waals surface area contributed by atoms with Gasteiger partial charge in [-0.25, -0.2) is 19.2 Å². The normalized spacial score (nSPS) is 10.3. The van der Waals surface area contributed by atoms with E-state index in [0.717, 1.165) is 0 Å². The molecule has 0 saturated heterocycles. The highest BCUT2D eigenvalue weighted by Crippen LogP contribution is 2.23. The number of aromatic nitrogens is 2. The number of carbonyl (C=O) groups excluding carboxylic acids is 1. The van der Waals surface area contributed by atoms with Gasteiger partial charge in [0.2, 0.25) is 0 Å². The summed E-state index contributed by atoms with van der Waals surface area (Å²) in [4.78, 5) is 19.3. The SMILES string of the molecule is COC(=O)c1nc(-c2cccc(C)c2F)cnc1N. The lowest BCUT2D eigenvalue weighted by Gasteiger charge is -2.07. The second-order valence-electron chi connectivity index (χ2n) is 3.92. The standard InChI is InChI=1S/C13H12FN3O2/c1-7-4-3-5-8(10(7)14)9-6-16-12(15)11(17-9)13(18)19-2/h3-6H,1-2H3,(H2,15,16). The maximum atomic E-state index is 14.0. The molecule has 0 aliphatic carbocycles. The summed E-state index contributed by atoms with van der Waals surface area (Å²) in [5.41, 5.74) is 6.40. The smallest absolute Gasteiger partial charge is 0.360 e. The van der Waals surface area contributed by atoms with E-state index in [0.29, 0.717) is 5.56 Å². The van der Waals surface area contributed by atoms with Crippen LogP contribution in [-0.4, -0.2) is 23.0 Å². The second-order valence-corrected chi connectivity index (χ2v) is 3.92. The van der Waals surface area contributed by atoms with Gasteiger partial charge in [0, 0.05) is 5.56 Å². The van der Waals surface area contributed by atoms with Crippen molar-refractivity contribution in [2.75, 3.05) is 12.8 Å². The van der Waals surface area contributed by atoms with Crippen LogP contribution in [0.3, 0.4) is 0 Å². The number of ether oxygens (including phenoxy) is 1. The van der Waals surface area contributed by atoms with Gasteiger partial charge in [-0.2, -0.15) is 0 Å². The van der Waals surface area contributed by atoms with Crippen molar-refractivity contribution in [3.05, 3.63) is 41.5 Å². The summed E-state index contributed by atoms with van der Waals surface area (Å²) in [6.45, 7) is 1.64. The van der Waals surface area contributed by atoms with Crippen LogP contribution in [0.25, 0.3) is 11.3 Å². The van der Waals surface area contributed by atoms with E-state index in [1.54, 1.807) is 25.1 Å². The number of rotatable bonds is 2. The van der Waals surface area contributed by atoms with Crippen LogP contribution < -0.4 is 5.73 Å². The summed E-state index contributed by atoms with van der Waals surface area (Å²) in [6, 6.07) is 4.90. The first-order valence-corrected chi connectivity index (χ1v) is 5.51. The molecule has 0 unspecified atom stereocenters. The van der Waals surface area contributed by atoms with Crippen LogP contribution in [0.1, 0.15) is 16.1 Å². The molecule has 2 rings (SSSR count). The molecule has 6 heteroatoms. The van der Waals surface area contributed by atoms with Gasteiger partial charge in [-0.1, -0.05) is 12.1 Å². The number of anilines is 1. The fraction of sp³-hybridized carbons (Fsp3) is 0.154. The van der Waals surface area contributed by atoms with Crippen LogP contribution >= 0.6 is 0 Å². The van der Waals surface area contributed by atoms with Gasteiger partial charge in [-0.05, 0) is 18.6 Å². The molecule has 0 radical (unpaired) electrons. The van der Waals surface area contributed by atoms with E-state index in [2.05, 4.69) is 14.7 Å². The van der Waals surface area contributed by atoms with Gasteiger partial charge in [0.05, 0.1) is 19.0 Å². The first-order valence-electron chi connectivity index (χ1n) is 5.51. The summed E-state index contributed by atoms with van der Waals surface area (Å²) in [7, 11) is 1.21. The van der Waals surface area contributed by atoms with Crippen molar-refractivity contribution in [1.82, 2.24) is 9.97 Å². The van der Waals surface area contributed by atoms with Gasteiger partial charge in [-0.3, -0.25) is 0 Å². The Morgan fingerprint density at radius 2 is 2.16 bits per heavy atom. The number of halogens is 1. The number of carbonyl (C=O) groups is 1. The Kier molecular flexibility index (Phi) is 3.41. The van der Waals surface area contributed by atoms with Crippen molar-refractivity contribution < 1.29 is 13.9 Å². The van der Waals surface area contributed by atoms with Gasteiger partial charge in [0.15, 0.2) is 11.5 Å². The Labute approximate surface area is 109 Å². The van der Waals surface area contributed by atoms with E-state index in [4.69, 9.17) is 5.73 Å². The number of hydrogen-bond donors (Lipinski definition) is 1. The molecule has 2 N–H and O–H groups in total. The van der Waals surface area contributed by atoms with E-state index in [-0.39, 0.29) is 22.8 Å². The zero-order valence-electron chi connectivity index (χ0n) is 10.5. The summed E-state index contributed by atoms with van der Waals surface area (Å²) in [5, 5.41) is 0. The Hall–Kier alpha value is -2.50. The van der Waals surface area contributed by atoms with Crippen LogP contribution in [0.15, 0.2) is 24.4 Å². The molecule has 98 valence electrons. The number of methoxy groups -OCH3 is 1. The molecule has 1 heterocycles. The van der Waals surface area contributed by atoms with E-state index in [1.807, 2.05) is 0 Å². The molecule has 0 fully saturated rings. The molecule has 0 atom stereocenters. The van der Waals surface area contributed by atoms with E-state index < -0.39 is 11.8 Å². The minimum Gasteiger partial charge on any atom is -0.464 e. The molecule has 2 aromatic rings. The molecule has 0 saturated carbocycles. The first-order chi connectivity index (χ1) is 9.04. The number of esters is 1. The molecule has 0 aliphatic heterocycles. The van der Waals surface area contributed by atoms with Gasteiger partial charge < -0.3 is 10.5 Å². The zero-order chi connectivity index (χ0) is 14.0. The Morgan fingerprint density at radius 3 is 2.84 bits per heavy atom. The molecule has 0 bridgehead atoms. The van der Waals surface area contributed by atoms with Crippen LogP contribution in [0.4, 0.5) is 10.2 Å². The summed E-state index contributed by atoms with van der Waals surface area (Å²) < 4.78 is 18.5. The van der Waals surface area contributed by atoms with E-state index in [9.17, 15) is 9.18 Å². The van der Waals surface area contributed by atoms with Gasteiger partial charge in [-0.15, -0.1) is 0 Å². The van der Waals surface area contributed by atoms with Crippen molar-refractivity contribution in [3.63, 3.8) is 0 Å². The fourth-order valence-corrected chi connectivity index (χ4v) is 1.62. The number of benzene rings is 1. The van der Waals surface area contributed by atoms with Crippen LogP contribution in [-0.2, 0) is 4.74 Å². The highest BCUT2D eigenvalue weighted by molar-refractivity contribution is 5.92. The lowest BCUT2D eigenvalue weighted by atomic mass is 10.1.